The number of hydrogen-bond donors (Lipinski definition) is 4. The molecule has 31 heavy (non-hydrogen) atoms. The number of likely N-dealkylation sites (tertiary alicyclic amines) is 1. The van der Waals surface area contributed by atoms with Crippen molar-refractivity contribution in [3.63, 3.8) is 0 Å². The largest absolute Gasteiger partial charge is 0.402 e. The van der Waals surface area contributed by atoms with E-state index in [4.69, 9.17) is 16.4 Å². The lowest BCUT2D eigenvalue weighted by Crippen LogP contribution is -2.54. The van der Waals surface area contributed by atoms with E-state index >= 15 is 0 Å². The first-order valence-electron chi connectivity index (χ1n) is 11.0. The van der Waals surface area contributed by atoms with E-state index in [9.17, 15) is 5.11 Å². The molecule has 170 valence electrons. The molecule has 2 unspecified atom stereocenters. The van der Waals surface area contributed by atoms with Crippen molar-refractivity contribution >= 4 is 17.6 Å². The molecule has 1 aromatic heterocycles. The van der Waals surface area contributed by atoms with Crippen LogP contribution in [0.2, 0.25) is 0 Å². The molecule has 0 aromatic carbocycles. The number of nitrogens with two attached hydrogens (primary N) is 1. The van der Waals surface area contributed by atoms with Gasteiger partial charge in [-0.05, 0) is 38.7 Å². The normalized spacial score (nSPS) is 22.1. The quantitative estimate of drug-likeness (QED) is 0.348. The molecule has 5 N–H and O–H groups in total. The van der Waals surface area contributed by atoms with E-state index < -0.39 is 0 Å². The molecule has 2 rings (SSSR count). The van der Waals surface area contributed by atoms with Crippen LogP contribution in [0.5, 0.6) is 0 Å². The van der Waals surface area contributed by atoms with Gasteiger partial charge in [-0.3, -0.25) is 10.3 Å². The summed E-state index contributed by atoms with van der Waals surface area (Å²) >= 11 is 0. The summed E-state index contributed by atoms with van der Waals surface area (Å²) < 4.78 is 0. The molecule has 0 spiro atoms. The first-order chi connectivity index (χ1) is 14.8. The van der Waals surface area contributed by atoms with Gasteiger partial charge in [0.25, 0.3) is 0 Å². The standard InChI is InChI=1S/C22H36N8O/c1-5-17-12-19(13-18(6-2)30(17)9-7-8-23)29(4)22-26-16(14-31)11-21(28-22)27-20(25)10-15(3)24/h10-11,17-19,31H,5-7,9,12-14,24H2,1-4H3,(H2,25,26,27,28)/b15-10-. The van der Waals surface area contributed by atoms with Crippen LogP contribution < -0.4 is 16.0 Å². The first-order valence-corrected chi connectivity index (χ1v) is 11.0. The van der Waals surface area contributed by atoms with E-state index in [-0.39, 0.29) is 18.5 Å². The van der Waals surface area contributed by atoms with Crippen molar-refractivity contribution in [1.29, 1.82) is 10.7 Å². The summed E-state index contributed by atoms with van der Waals surface area (Å²) in [5.74, 6) is 1.10. The third kappa shape index (κ3) is 6.64. The fraction of sp³-hybridized carbons (Fsp3) is 0.636. The van der Waals surface area contributed by atoms with Gasteiger partial charge in [-0.25, -0.2) is 4.98 Å². The number of nitrogens with zero attached hydrogens (tertiary/aromatic N) is 5. The fourth-order valence-corrected chi connectivity index (χ4v) is 4.31. The number of nitrogens with one attached hydrogen (secondary N) is 2. The van der Waals surface area contributed by atoms with Gasteiger partial charge in [0.1, 0.15) is 11.7 Å². The van der Waals surface area contributed by atoms with E-state index in [1.165, 1.54) is 6.08 Å². The summed E-state index contributed by atoms with van der Waals surface area (Å²) in [5.41, 5.74) is 6.66. The zero-order valence-corrected chi connectivity index (χ0v) is 19.1. The number of rotatable bonds is 9. The Balaban J connectivity index is 2.25. The molecule has 9 nitrogen and oxygen atoms in total. The van der Waals surface area contributed by atoms with E-state index in [0.717, 1.165) is 32.2 Å². The third-order valence-electron chi connectivity index (χ3n) is 5.88. The first kappa shape index (κ1) is 24.6. The van der Waals surface area contributed by atoms with Gasteiger partial charge < -0.3 is 21.1 Å². The van der Waals surface area contributed by atoms with E-state index in [1.807, 2.05) is 7.05 Å². The van der Waals surface area contributed by atoms with E-state index in [1.54, 1.807) is 13.0 Å². The van der Waals surface area contributed by atoms with Crippen LogP contribution in [0.1, 0.15) is 58.6 Å². The summed E-state index contributed by atoms with van der Waals surface area (Å²) in [6.07, 6.45) is 6.05. The minimum atomic E-state index is -0.209. The predicted octanol–water partition coefficient (Wildman–Crippen LogP) is 2.59. The number of piperidine rings is 1. The monoisotopic (exact) mass is 428 g/mol. The van der Waals surface area contributed by atoms with Crippen LogP contribution >= 0.6 is 0 Å². The van der Waals surface area contributed by atoms with Gasteiger partial charge in [-0.15, -0.1) is 0 Å². The maximum absolute atomic E-state index is 9.68. The Bertz CT molecular complexity index is 800. The van der Waals surface area contributed by atoms with Crippen LogP contribution in [0.3, 0.4) is 0 Å². The molecule has 1 saturated heterocycles. The summed E-state index contributed by atoms with van der Waals surface area (Å²) in [5, 5.41) is 29.6. The lowest BCUT2D eigenvalue weighted by atomic mass is 9.87. The third-order valence-corrected chi connectivity index (χ3v) is 5.88. The fourth-order valence-electron chi connectivity index (χ4n) is 4.31. The zero-order chi connectivity index (χ0) is 23.0. The van der Waals surface area contributed by atoms with Gasteiger partial charge in [-0.2, -0.15) is 10.2 Å². The van der Waals surface area contributed by atoms with E-state index in [0.29, 0.717) is 41.7 Å². The molecule has 0 bridgehead atoms. The molecule has 1 aliphatic heterocycles. The second-order valence-electron chi connectivity index (χ2n) is 8.14. The summed E-state index contributed by atoms with van der Waals surface area (Å²) in [4.78, 5) is 13.7. The molecule has 0 radical (unpaired) electrons. The van der Waals surface area contributed by atoms with E-state index in [2.05, 4.69) is 45.0 Å². The Morgan fingerprint density at radius 1 is 1.39 bits per heavy atom. The SMILES string of the molecule is CCC1CC(N(C)c2nc(CO)cc(NC(=N)/C=C(/C)N)n2)CC(CC)N1CCC#N. The van der Waals surface area contributed by atoms with Gasteiger partial charge in [0.2, 0.25) is 5.95 Å². The average Bonchev–Trinajstić information content (AvgIpc) is 2.75. The lowest BCUT2D eigenvalue weighted by Gasteiger charge is -2.47. The van der Waals surface area contributed by atoms with Crippen LogP contribution in [-0.4, -0.2) is 57.5 Å². The summed E-state index contributed by atoms with van der Waals surface area (Å²) in [6.45, 7) is 6.71. The number of aliphatic hydroxyl groups excluding tert-OH is 1. The van der Waals surface area contributed by atoms with Gasteiger partial charge in [0.15, 0.2) is 0 Å². The highest BCUT2D eigenvalue weighted by molar-refractivity contribution is 6.01. The molecule has 1 aromatic rings. The molecule has 0 saturated carbocycles. The molecule has 2 heterocycles. The molecule has 0 aliphatic carbocycles. The van der Waals surface area contributed by atoms with Crippen molar-refractivity contribution in [1.82, 2.24) is 14.9 Å². The number of hydrogen-bond acceptors (Lipinski definition) is 8. The topological polar surface area (TPSA) is 138 Å². The highest BCUT2D eigenvalue weighted by Gasteiger charge is 2.36. The minimum Gasteiger partial charge on any atom is -0.402 e. The molecule has 9 heteroatoms. The molecule has 1 aliphatic rings. The minimum absolute atomic E-state index is 0.124. The Morgan fingerprint density at radius 2 is 2.03 bits per heavy atom. The second-order valence-corrected chi connectivity index (χ2v) is 8.14. The van der Waals surface area contributed by atoms with Gasteiger partial charge in [0.05, 0.1) is 18.4 Å². The number of allylic oxidation sites excluding steroid dienone is 1. The molecule has 0 amide bonds. The van der Waals surface area contributed by atoms with Crippen molar-refractivity contribution < 1.29 is 5.11 Å². The van der Waals surface area contributed by atoms with Crippen LogP contribution in [0, 0.1) is 16.7 Å². The molecule has 2 atom stereocenters. The number of aromatic nitrogens is 2. The Labute approximate surface area is 185 Å². The Hall–Kier alpha value is -2.70. The lowest BCUT2D eigenvalue weighted by molar-refractivity contribution is 0.0682. The smallest absolute Gasteiger partial charge is 0.227 e. The number of nitriles is 1. The van der Waals surface area contributed by atoms with Crippen molar-refractivity contribution in [3.8, 4) is 6.07 Å². The number of amidine groups is 1. The number of aliphatic hydroxyl groups is 1. The molecular weight excluding hydrogens is 392 g/mol. The maximum atomic E-state index is 9.68. The Kier molecular flexibility index (Phi) is 9.21. The second kappa shape index (κ2) is 11.6. The molecule has 1 fully saturated rings. The van der Waals surface area contributed by atoms with Crippen LogP contribution in [0.25, 0.3) is 0 Å². The van der Waals surface area contributed by atoms with Crippen molar-refractivity contribution in [2.24, 2.45) is 5.73 Å². The highest BCUT2D eigenvalue weighted by atomic mass is 16.3. The molecular formula is C22H36N8O. The maximum Gasteiger partial charge on any atom is 0.227 e. The number of anilines is 2. The van der Waals surface area contributed by atoms with Crippen molar-refractivity contribution in [3.05, 3.63) is 23.5 Å². The van der Waals surface area contributed by atoms with Crippen molar-refractivity contribution in [2.45, 2.75) is 77.6 Å². The Morgan fingerprint density at radius 3 is 2.55 bits per heavy atom. The van der Waals surface area contributed by atoms with Gasteiger partial charge >= 0.3 is 0 Å². The van der Waals surface area contributed by atoms with Crippen molar-refractivity contribution in [2.75, 3.05) is 23.8 Å². The van der Waals surface area contributed by atoms with Gasteiger partial charge in [-0.1, -0.05) is 13.8 Å². The van der Waals surface area contributed by atoms with Crippen LogP contribution in [0.15, 0.2) is 17.8 Å². The van der Waals surface area contributed by atoms with Crippen LogP contribution in [-0.2, 0) is 6.61 Å². The van der Waals surface area contributed by atoms with Gasteiger partial charge in [0, 0.05) is 49.9 Å². The summed E-state index contributed by atoms with van der Waals surface area (Å²) in [7, 11) is 1.99. The zero-order valence-electron chi connectivity index (χ0n) is 19.1. The highest BCUT2D eigenvalue weighted by Crippen LogP contribution is 2.31. The summed E-state index contributed by atoms with van der Waals surface area (Å²) in [6, 6.07) is 4.98. The van der Waals surface area contributed by atoms with Crippen LogP contribution in [0.4, 0.5) is 11.8 Å². The predicted molar refractivity (Wildman–Crippen MR) is 124 cm³/mol. The average molecular weight is 429 g/mol.